The third-order valence-corrected chi connectivity index (χ3v) is 0.348. The van der Waals surface area contributed by atoms with Gasteiger partial charge in [-0.25, -0.2) is 10.6 Å². The molecule has 0 heterocycles. The standard InChI is InChI=1S/C3H8NO2/c1-6-4-2-3-5/h4H,2-3H2,1H3. The quantitative estimate of drug-likeness (QED) is 0.377. The molecule has 1 N–H and O–H groups in total. The summed E-state index contributed by atoms with van der Waals surface area (Å²) >= 11 is 0. The Balaban J connectivity index is 2.34. The highest BCUT2D eigenvalue weighted by atomic mass is 16.6. The van der Waals surface area contributed by atoms with Gasteiger partial charge in [0.05, 0.1) is 13.7 Å². The van der Waals surface area contributed by atoms with E-state index in [0.717, 1.165) is 0 Å². The summed E-state index contributed by atoms with van der Waals surface area (Å²) in [6.45, 7) is 0.254. The highest BCUT2D eigenvalue weighted by Crippen LogP contribution is 1.52. The summed E-state index contributed by atoms with van der Waals surface area (Å²) in [5.41, 5.74) is 2.39. The number of hydrogen-bond donors (Lipinski definition) is 1. The van der Waals surface area contributed by atoms with Crippen LogP contribution in [-0.4, -0.2) is 20.3 Å². The summed E-state index contributed by atoms with van der Waals surface area (Å²) in [6, 6.07) is 0. The number of nitrogens with one attached hydrogen (secondary N) is 1. The average molecular weight is 90.1 g/mol. The Kier molecular flexibility index (Phi) is 4.78. The van der Waals surface area contributed by atoms with Crippen LogP contribution >= 0.6 is 0 Å². The van der Waals surface area contributed by atoms with Gasteiger partial charge in [-0.1, -0.05) is 0 Å². The smallest absolute Gasteiger partial charge is 0.0969 e. The Morgan fingerprint density at radius 1 is 1.83 bits per heavy atom. The van der Waals surface area contributed by atoms with E-state index in [1.54, 1.807) is 0 Å². The fourth-order valence-electron chi connectivity index (χ4n) is 0.144. The zero-order valence-electron chi connectivity index (χ0n) is 3.73. The molecule has 0 rings (SSSR count). The molecule has 0 saturated heterocycles. The molecule has 3 nitrogen and oxygen atoms in total. The van der Waals surface area contributed by atoms with E-state index in [2.05, 4.69) is 10.3 Å². The van der Waals surface area contributed by atoms with Crippen molar-refractivity contribution in [2.24, 2.45) is 0 Å². The Morgan fingerprint density at radius 2 is 2.50 bits per heavy atom. The van der Waals surface area contributed by atoms with Crippen LogP contribution < -0.4 is 5.48 Å². The minimum Gasteiger partial charge on any atom is -0.305 e. The molecule has 3 heteroatoms. The molecule has 0 aliphatic rings. The summed E-state index contributed by atoms with van der Waals surface area (Å²) in [7, 11) is 1.48. The second kappa shape index (κ2) is 4.88. The number of hydrogen-bond acceptors (Lipinski definition) is 2. The van der Waals surface area contributed by atoms with Crippen molar-refractivity contribution in [2.75, 3.05) is 20.3 Å². The third-order valence-electron chi connectivity index (χ3n) is 0.348. The van der Waals surface area contributed by atoms with Crippen molar-refractivity contribution in [1.82, 2.24) is 5.48 Å². The molecule has 1 radical (unpaired) electrons. The SMILES string of the molecule is CONCC[O]. The Morgan fingerprint density at radius 3 is 2.67 bits per heavy atom. The summed E-state index contributed by atoms with van der Waals surface area (Å²) in [5, 5.41) is 9.55. The minimum atomic E-state index is -0.131. The molecule has 0 saturated carbocycles. The fourth-order valence-corrected chi connectivity index (χ4v) is 0.144. The van der Waals surface area contributed by atoms with Crippen LogP contribution in [0.1, 0.15) is 0 Å². The third kappa shape index (κ3) is 3.88. The molecule has 0 aromatic carbocycles. The van der Waals surface area contributed by atoms with Gasteiger partial charge in [0.25, 0.3) is 0 Å². The van der Waals surface area contributed by atoms with Gasteiger partial charge in [-0.2, -0.15) is 0 Å². The average Bonchev–Trinajstić information content (AvgIpc) is 1.61. The molecule has 0 fully saturated rings. The van der Waals surface area contributed by atoms with E-state index in [9.17, 15) is 5.11 Å². The first kappa shape index (κ1) is 5.88. The van der Waals surface area contributed by atoms with Crippen molar-refractivity contribution in [3.05, 3.63) is 0 Å². The summed E-state index contributed by atoms with van der Waals surface area (Å²) < 4.78 is 0. The van der Waals surface area contributed by atoms with Crippen LogP contribution in [0.5, 0.6) is 0 Å². The first-order valence-corrected chi connectivity index (χ1v) is 1.75. The number of rotatable bonds is 3. The lowest BCUT2D eigenvalue weighted by molar-refractivity contribution is 0.0650. The van der Waals surface area contributed by atoms with Crippen molar-refractivity contribution in [1.29, 1.82) is 0 Å². The first-order chi connectivity index (χ1) is 2.91. The van der Waals surface area contributed by atoms with Crippen molar-refractivity contribution >= 4 is 0 Å². The van der Waals surface area contributed by atoms with E-state index in [-0.39, 0.29) is 6.61 Å². The Bertz CT molecular complexity index is 20.8. The lowest BCUT2D eigenvalue weighted by Gasteiger charge is -1.91. The molecule has 0 aromatic rings. The van der Waals surface area contributed by atoms with Crippen LogP contribution in [0.2, 0.25) is 0 Å². The topological polar surface area (TPSA) is 41.2 Å². The van der Waals surface area contributed by atoms with Gasteiger partial charge in [0, 0.05) is 6.54 Å². The monoisotopic (exact) mass is 90.1 g/mol. The molecule has 0 aromatic heterocycles. The molecule has 0 aliphatic carbocycles. The van der Waals surface area contributed by atoms with Crippen molar-refractivity contribution in [3.8, 4) is 0 Å². The zero-order chi connectivity index (χ0) is 4.83. The second-order valence-electron chi connectivity index (χ2n) is 0.803. The van der Waals surface area contributed by atoms with Crippen LogP contribution in [-0.2, 0) is 9.94 Å². The molecule has 0 aliphatic heterocycles. The van der Waals surface area contributed by atoms with Crippen LogP contribution in [0.25, 0.3) is 0 Å². The maximum Gasteiger partial charge on any atom is 0.0969 e. The maximum absolute atomic E-state index is 9.55. The normalized spacial score (nSPS) is 9.00. The lowest BCUT2D eigenvalue weighted by Crippen LogP contribution is -2.15. The van der Waals surface area contributed by atoms with Crippen molar-refractivity contribution < 1.29 is 9.94 Å². The fraction of sp³-hybridized carbons (Fsp3) is 1.00. The minimum absolute atomic E-state index is 0.131. The predicted molar refractivity (Wildman–Crippen MR) is 20.6 cm³/mol. The van der Waals surface area contributed by atoms with Gasteiger partial charge in [0.2, 0.25) is 0 Å². The van der Waals surface area contributed by atoms with Crippen LogP contribution in [0.3, 0.4) is 0 Å². The molecule has 0 unspecified atom stereocenters. The van der Waals surface area contributed by atoms with E-state index in [1.807, 2.05) is 0 Å². The van der Waals surface area contributed by atoms with E-state index in [4.69, 9.17) is 0 Å². The van der Waals surface area contributed by atoms with Crippen molar-refractivity contribution in [3.63, 3.8) is 0 Å². The maximum atomic E-state index is 9.55. The Labute approximate surface area is 36.9 Å². The van der Waals surface area contributed by atoms with Gasteiger partial charge in [-0.15, -0.1) is 0 Å². The molecular formula is C3H8NO2. The van der Waals surface area contributed by atoms with Crippen LogP contribution in [0.15, 0.2) is 0 Å². The van der Waals surface area contributed by atoms with Gasteiger partial charge in [0.1, 0.15) is 0 Å². The molecule has 37 valence electrons. The molecule has 0 atom stereocenters. The highest BCUT2D eigenvalue weighted by molar-refractivity contribution is 4.22. The molecule has 0 spiro atoms. The lowest BCUT2D eigenvalue weighted by atomic mass is 10.7. The number of hydroxylamine groups is 1. The van der Waals surface area contributed by atoms with Gasteiger partial charge in [0.15, 0.2) is 0 Å². The molecule has 6 heavy (non-hydrogen) atoms. The zero-order valence-corrected chi connectivity index (χ0v) is 3.73. The molecule has 0 amide bonds. The summed E-state index contributed by atoms with van der Waals surface area (Å²) in [5.74, 6) is 0. The van der Waals surface area contributed by atoms with Gasteiger partial charge < -0.3 is 4.84 Å². The Hall–Kier alpha value is -0.120. The summed E-state index contributed by atoms with van der Waals surface area (Å²) in [6.07, 6.45) is 0. The van der Waals surface area contributed by atoms with E-state index in [1.165, 1.54) is 7.11 Å². The molecule has 0 bridgehead atoms. The largest absolute Gasteiger partial charge is 0.305 e. The van der Waals surface area contributed by atoms with Crippen molar-refractivity contribution in [2.45, 2.75) is 0 Å². The highest BCUT2D eigenvalue weighted by Gasteiger charge is 1.74. The van der Waals surface area contributed by atoms with E-state index in [0.29, 0.717) is 6.54 Å². The van der Waals surface area contributed by atoms with Gasteiger partial charge >= 0.3 is 0 Å². The van der Waals surface area contributed by atoms with Crippen LogP contribution in [0, 0.1) is 0 Å². The summed E-state index contributed by atoms with van der Waals surface area (Å²) in [4.78, 5) is 4.33. The van der Waals surface area contributed by atoms with E-state index < -0.39 is 0 Å². The van der Waals surface area contributed by atoms with Gasteiger partial charge in [-0.3, -0.25) is 0 Å². The predicted octanol–water partition coefficient (Wildman–Crippen LogP) is -0.432. The first-order valence-electron chi connectivity index (χ1n) is 1.75. The molecular weight excluding hydrogens is 82.0 g/mol. The second-order valence-corrected chi connectivity index (χ2v) is 0.803. The van der Waals surface area contributed by atoms with Crippen LogP contribution in [0.4, 0.5) is 0 Å². The van der Waals surface area contributed by atoms with Gasteiger partial charge in [-0.05, 0) is 0 Å². The van der Waals surface area contributed by atoms with E-state index >= 15 is 0 Å².